The molecule has 1 rings (SSSR count). The summed E-state index contributed by atoms with van der Waals surface area (Å²) in [5.74, 6) is 0.246. The van der Waals surface area contributed by atoms with Gasteiger partial charge < -0.3 is 15.6 Å². The van der Waals surface area contributed by atoms with E-state index in [0.29, 0.717) is 5.76 Å². The Balaban J connectivity index is 2.37. The van der Waals surface area contributed by atoms with Crippen molar-refractivity contribution in [3.05, 3.63) is 11.8 Å². The van der Waals surface area contributed by atoms with Crippen LogP contribution in [-0.4, -0.2) is 23.6 Å². The average molecular weight is 198 g/mol. The van der Waals surface area contributed by atoms with Gasteiger partial charge in [-0.25, -0.2) is 4.79 Å². The van der Waals surface area contributed by atoms with Crippen molar-refractivity contribution in [3.63, 3.8) is 0 Å². The van der Waals surface area contributed by atoms with E-state index in [1.807, 2.05) is 0 Å². The van der Waals surface area contributed by atoms with Gasteiger partial charge in [0.1, 0.15) is 5.76 Å². The van der Waals surface area contributed by atoms with E-state index >= 15 is 0 Å². The van der Waals surface area contributed by atoms with Crippen LogP contribution < -0.4 is 16.4 Å². The molecule has 4 N–H and O–H groups in total. The quantitative estimate of drug-likeness (QED) is 0.613. The molecule has 0 aromatic carbocycles. The second kappa shape index (κ2) is 4.26. The van der Waals surface area contributed by atoms with Crippen molar-refractivity contribution >= 4 is 17.8 Å². The van der Waals surface area contributed by atoms with Gasteiger partial charge in [-0.3, -0.25) is 10.1 Å². The molecule has 3 amide bonds. The van der Waals surface area contributed by atoms with Crippen molar-refractivity contribution in [1.29, 1.82) is 0 Å². The minimum atomic E-state index is -0.614. The van der Waals surface area contributed by atoms with Gasteiger partial charge in [0.05, 0.1) is 6.54 Å². The van der Waals surface area contributed by atoms with Crippen LogP contribution in [0.25, 0.3) is 0 Å². The lowest BCUT2D eigenvalue weighted by Gasteiger charge is -2.01. The standard InChI is InChI=1S/C7H10N4O3/c1-4-2-6(11-14-4)10-7(13)9-3-5(8)12/h2H,3H2,1H3,(H2,8,12)(H2,9,10,11,13). The van der Waals surface area contributed by atoms with Crippen molar-refractivity contribution < 1.29 is 14.1 Å². The number of aryl methyl sites for hydroxylation is 1. The maximum absolute atomic E-state index is 11.0. The summed E-state index contributed by atoms with van der Waals surface area (Å²) in [4.78, 5) is 21.3. The van der Waals surface area contributed by atoms with E-state index in [2.05, 4.69) is 15.8 Å². The molecular formula is C7H10N4O3. The van der Waals surface area contributed by atoms with Crippen molar-refractivity contribution in [2.24, 2.45) is 5.73 Å². The maximum atomic E-state index is 11.0. The molecule has 0 aliphatic carbocycles. The molecule has 7 heteroatoms. The van der Waals surface area contributed by atoms with E-state index in [0.717, 1.165) is 0 Å². The molecule has 0 atom stereocenters. The SMILES string of the molecule is Cc1cc(NC(=O)NCC(N)=O)no1. The molecule has 7 nitrogen and oxygen atoms in total. The van der Waals surface area contributed by atoms with Gasteiger partial charge in [-0.1, -0.05) is 5.16 Å². The van der Waals surface area contributed by atoms with Crippen LogP contribution in [0, 0.1) is 6.92 Å². The Kier molecular flexibility index (Phi) is 3.05. The van der Waals surface area contributed by atoms with Crippen LogP contribution in [0.5, 0.6) is 0 Å². The number of hydrogen-bond acceptors (Lipinski definition) is 4. The summed E-state index contributed by atoms with van der Waals surface area (Å²) in [5.41, 5.74) is 4.82. The number of hydrogen-bond donors (Lipinski definition) is 3. The highest BCUT2D eigenvalue weighted by Crippen LogP contribution is 2.05. The number of urea groups is 1. The third-order valence-electron chi connectivity index (χ3n) is 1.29. The van der Waals surface area contributed by atoms with Crippen LogP contribution in [0.15, 0.2) is 10.6 Å². The van der Waals surface area contributed by atoms with E-state index < -0.39 is 11.9 Å². The number of amides is 3. The number of carbonyl (C=O) groups excluding carboxylic acids is 2. The van der Waals surface area contributed by atoms with E-state index in [4.69, 9.17) is 10.3 Å². The lowest BCUT2D eigenvalue weighted by atomic mass is 10.5. The number of anilines is 1. The number of aromatic nitrogens is 1. The summed E-state index contributed by atoms with van der Waals surface area (Å²) in [5, 5.41) is 8.11. The summed E-state index contributed by atoms with van der Waals surface area (Å²) in [6, 6.07) is 0.987. The monoisotopic (exact) mass is 198 g/mol. The fourth-order valence-electron chi connectivity index (χ4n) is 0.753. The predicted molar refractivity (Wildman–Crippen MR) is 47.5 cm³/mol. The minimum absolute atomic E-state index is 0.220. The average Bonchev–Trinajstić information content (AvgIpc) is 2.48. The first-order valence-electron chi connectivity index (χ1n) is 3.84. The topological polar surface area (TPSA) is 110 Å². The number of nitrogens with two attached hydrogens (primary N) is 1. The number of primary amides is 1. The zero-order chi connectivity index (χ0) is 10.6. The molecule has 1 heterocycles. The van der Waals surface area contributed by atoms with Gasteiger partial charge in [0.15, 0.2) is 5.82 Å². The molecule has 0 aliphatic rings. The summed E-state index contributed by atoms with van der Waals surface area (Å²) < 4.78 is 4.71. The second-order valence-electron chi connectivity index (χ2n) is 2.60. The van der Waals surface area contributed by atoms with Gasteiger partial charge in [-0.05, 0) is 6.92 Å². The molecular weight excluding hydrogens is 188 g/mol. The third-order valence-corrected chi connectivity index (χ3v) is 1.29. The van der Waals surface area contributed by atoms with Crippen LogP contribution in [0.2, 0.25) is 0 Å². The Bertz CT molecular complexity index is 346. The van der Waals surface area contributed by atoms with Gasteiger partial charge in [0, 0.05) is 6.07 Å². The molecule has 0 saturated carbocycles. The Morgan fingerprint density at radius 1 is 1.64 bits per heavy atom. The fourth-order valence-corrected chi connectivity index (χ4v) is 0.753. The van der Waals surface area contributed by atoms with E-state index in [9.17, 15) is 9.59 Å². The Morgan fingerprint density at radius 3 is 2.86 bits per heavy atom. The largest absolute Gasteiger partial charge is 0.368 e. The highest BCUT2D eigenvalue weighted by molar-refractivity contribution is 5.91. The van der Waals surface area contributed by atoms with Crippen molar-refractivity contribution in [2.75, 3.05) is 11.9 Å². The zero-order valence-electron chi connectivity index (χ0n) is 7.53. The van der Waals surface area contributed by atoms with Gasteiger partial charge >= 0.3 is 6.03 Å². The Morgan fingerprint density at radius 2 is 2.36 bits per heavy atom. The summed E-state index contributed by atoms with van der Waals surface area (Å²) >= 11 is 0. The number of carbonyl (C=O) groups is 2. The molecule has 0 unspecified atom stereocenters. The predicted octanol–water partition coefficient (Wildman–Crippen LogP) is -0.410. The molecule has 1 aromatic heterocycles. The maximum Gasteiger partial charge on any atom is 0.320 e. The van der Waals surface area contributed by atoms with Crippen LogP contribution in [0.1, 0.15) is 5.76 Å². The van der Waals surface area contributed by atoms with Crippen LogP contribution in [-0.2, 0) is 4.79 Å². The van der Waals surface area contributed by atoms with Gasteiger partial charge in [-0.15, -0.1) is 0 Å². The Hall–Kier alpha value is -2.05. The van der Waals surface area contributed by atoms with Gasteiger partial charge in [0.2, 0.25) is 5.91 Å². The molecule has 0 bridgehead atoms. The molecule has 14 heavy (non-hydrogen) atoms. The summed E-state index contributed by atoms with van der Waals surface area (Å²) in [7, 11) is 0. The highest BCUT2D eigenvalue weighted by Gasteiger charge is 2.05. The van der Waals surface area contributed by atoms with E-state index in [1.165, 1.54) is 0 Å². The van der Waals surface area contributed by atoms with E-state index in [1.54, 1.807) is 13.0 Å². The fraction of sp³-hybridized carbons (Fsp3) is 0.286. The molecule has 1 aromatic rings. The Labute approximate surface area is 79.6 Å². The highest BCUT2D eigenvalue weighted by atomic mass is 16.5. The lowest BCUT2D eigenvalue weighted by Crippen LogP contribution is -2.36. The number of rotatable bonds is 3. The zero-order valence-corrected chi connectivity index (χ0v) is 7.53. The molecule has 0 fully saturated rings. The first kappa shape index (κ1) is 10.0. The first-order chi connectivity index (χ1) is 6.58. The molecule has 0 radical (unpaired) electrons. The molecule has 0 spiro atoms. The molecule has 76 valence electrons. The van der Waals surface area contributed by atoms with Crippen LogP contribution in [0.3, 0.4) is 0 Å². The normalized spacial score (nSPS) is 9.50. The smallest absolute Gasteiger partial charge is 0.320 e. The van der Waals surface area contributed by atoms with Crippen molar-refractivity contribution in [2.45, 2.75) is 6.92 Å². The summed E-state index contributed by atoms with van der Waals surface area (Å²) in [6.45, 7) is 1.47. The number of nitrogens with zero attached hydrogens (tertiary/aromatic N) is 1. The summed E-state index contributed by atoms with van der Waals surface area (Å²) in [6.07, 6.45) is 0. The lowest BCUT2D eigenvalue weighted by molar-refractivity contribution is -0.117. The van der Waals surface area contributed by atoms with Gasteiger partial charge in [-0.2, -0.15) is 0 Å². The van der Waals surface area contributed by atoms with Crippen LogP contribution >= 0.6 is 0 Å². The van der Waals surface area contributed by atoms with Crippen molar-refractivity contribution in [3.8, 4) is 0 Å². The van der Waals surface area contributed by atoms with Crippen LogP contribution in [0.4, 0.5) is 10.6 Å². The van der Waals surface area contributed by atoms with E-state index in [-0.39, 0.29) is 12.4 Å². The first-order valence-corrected chi connectivity index (χ1v) is 3.84. The minimum Gasteiger partial charge on any atom is -0.368 e. The third kappa shape index (κ3) is 3.13. The van der Waals surface area contributed by atoms with Crippen molar-refractivity contribution in [1.82, 2.24) is 10.5 Å². The molecule has 0 saturated heterocycles. The second-order valence-corrected chi connectivity index (χ2v) is 2.60. The molecule has 0 aliphatic heterocycles. The number of nitrogens with one attached hydrogen (secondary N) is 2. The van der Waals surface area contributed by atoms with Gasteiger partial charge in [0.25, 0.3) is 0 Å².